The summed E-state index contributed by atoms with van der Waals surface area (Å²) in [6.45, 7) is -0.803. The van der Waals surface area contributed by atoms with Gasteiger partial charge in [-0.2, -0.15) is 0 Å². The third-order valence-corrected chi connectivity index (χ3v) is 5.80. The molecule has 0 atom stereocenters. The van der Waals surface area contributed by atoms with Gasteiger partial charge >= 0.3 is 11.9 Å². The molecule has 4 N–H and O–H groups in total. The first kappa shape index (κ1) is 30.8. The van der Waals surface area contributed by atoms with Gasteiger partial charge in [0.05, 0.1) is 25.0 Å². The van der Waals surface area contributed by atoms with Crippen LogP contribution in [0, 0.1) is 5.82 Å². The van der Waals surface area contributed by atoms with Crippen molar-refractivity contribution in [2.45, 2.75) is 0 Å². The van der Waals surface area contributed by atoms with Crippen molar-refractivity contribution in [2.24, 2.45) is 0 Å². The summed E-state index contributed by atoms with van der Waals surface area (Å²) in [7, 11) is 0. The molecule has 0 aliphatic rings. The smallest absolute Gasteiger partial charge is 0.323 e. The lowest BCUT2D eigenvalue weighted by Crippen LogP contribution is -2.32. The normalized spacial score (nSPS) is 10.9. The van der Waals surface area contributed by atoms with Gasteiger partial charge in [0.2, 0.25) is 0 Å². The van der Waals surface area contributed by atoms with Crippen LogP contribution >= 0.6 is 0 Å². The Morgan fingerprint density at radius 3 is 2.42 bits per heavy atom. The number of nitrogens with zero attached hydrogens (tertiary/aromatic N) is 2. The van der Waals surface area contributed by atoms with Gasteiger partial charge in [0.1, 0.15) is 43.5 Å². The lowest BCUT2D eigenvalue weighted by atomic mass is 10.2. The Labute approximate surface area is 243 Å². The van der Waals surface area contributed by atoms with Gasteiger partial charge in [-0.3, -0.25) is 14.4 Å². The van der Waals surface area contributed by atoms with Crippen LogP contribution in [0.25, 0.3) is 22.6 Å². The van der Waals surface area contributed by atoms with Crippen molar-refractivity contribution in [1.29, 1.82) is 0 Å². The van der Waals surface area contributed by atoms with Crippen molar-refractivity contribution in [1.82, 2.24) is 10.3 Å². The predicted octanol–water partition coefficient (Wildman–Crippen LogP) is 2.43. The summed E-state index contributed by atoms with van der Waals surface area (Å²) in [5.41, 5.74) is 0.678. The van der Waals surface area contributed by atoms with Gasteiger partial charge in [0.15, 0.2) is 29.3 Å². The highest BCUT2D eigenvalue weighted by molar-refractivity contribution is 5.85. The van der Waals surface area contributed by atoms with Gasteiger partial charge in [-0.15, -0.1) is 0 Å². The zero-order chi connectivity index (χ0) is 30.8. The fraction of sp³-hybridized carbons (Fsp3) is 0.286. The SMILES string of the molecule is O=Cc1cnc(-c2cc3cc(OCCOc4cc(F)ccc4N(CCO)CC(=O)O)c(OCCNCC(=O)O)cc3o2)o1. The molecule has 228 valence electrons. The van der Waals surface area contributed by atoms with Crippen LogP contribution in [0.5, 0.6) is 17.2 Å². The van der Waals surface area contributed by atoms with Crippen LogP contribution in [0.2, 0.25) is 0 Å². The van der Waals surface area contributed by atoms with Crippen molar-refractivity contribution in [3.63, 3.8) is 0 Å². The minimum Gasteiger partial charge on any atom is -0.488 e. The number of aliphatic hydroxyl groups is 1. The van der Waals surface area contributed by atoms with Crippen LogP contribution in [0.15, 0.2) is 51.4 Å². The molecule has 0 spiro atoms. The number of fused-ring (bicyclic) bond motifs is 1. The molecule has 4 rings (SSSR count). The third kappa shape index (κ3) is 8.43. The van der Waals surface area contributed by atoms with Crippen LogP contribution in [-0.4, -0.2) is 91.1 Å². The van der Waals surface area contributed by atoms with Gasteiger partial charge in [-0.05, 0) is 24.3 Å². The number of halogens is 1. The molecule has 0 saturated heterocycles. The molecule has 0 bridgehead atoms. The van der Waals surface area contributed by atoms with E-state index in [1.807, 2.05) is 0 Å². The summed E-state index contributed by atoms with van der Waals surface area (Å²) in [6.07, 6.45) is 1.78. The summed E-state index contributed by atoms with van der Waals surface area (Å²) in [6, 6.07) is 8.47. The number of carbonyl (C=O) groups is 3. The van der Waals surface area contributed by atoms with E-state index >= 15 is 0 Å². The highest BCUT2D eigenvalue weighted by Crippen LogP contribution is 2.37. The third-order valence-electron chi connectivity index (χ3n) is 5.80. The molecule has 0 radical (unpaired) electrons. The number of anilines is 1. The van der Waals surface area contributed by atoms with Gasteiger partial charge in [-0.1, -0.05) is 0 Å². The summed E-state index contributed by atoms with van der Waals surface area (Å²) < 4.78 is 42.6. The van der Waals surface area contributed by atoms with Crippen LogP contribution in [0.4, 0.5) is 10.1 Å². The summed E-state index contributed by atoms with van der Waals surface area (Å²) in [5.74, 6) is -1.74. The van der Waals surface area contributed by atoms with E-state index in [1.54, 1.807) is 18.2 Å². The van der Waals surface area contributed by atoms with Crippen molar-refractivity contribution in [2.75, 3.05) is 57.5 Å². The Balaban J connectivity index is 1.50. The van der Waals surface area contributed by atoms with Crippen molar-refractivity contribution in [3.05, 3.63) is 54.2 Å². The largest absolute Gasteiger partial charge is 0.488 e. The first-order valence-corrected chi connectivity index (χ1v) is 12.9. The molecule has 14 nitrogen and oxygen atoms in total. The number of oxazole rings is 1. The number of furan rings is 1. The van der Waals surface area contributed by atoms with Crippen LogP contribution in [-0.2, 0) is 9.59 Å². The number of aliphatic hydroxyl groups excluding tert-OH is 1. The molecule has 2 heterocycles. The number of ether oxygens (including phenoxy) is 3. The minimum atomic E-state index is -1.14. The van der Waals surface area contributed by atoms with E-state index in [9.17, 15) is 29.0 Å². The number of carbonyl (C=O) groups excluding carboxylic acids is 1. The molecule has 4 aromatic rings. The van der Waals surface area contributed by atoms with E-state index < -0.39 is 24.3 Å². The molecule has 0 unspecified atom stereocenters. The standard InChI is InChI=1S/C28H28FN3O11/c29-18-1-2-20(32(4-5-33)15-27(37)38)22(11-18)40-7-8-41-23-9-17-10-25(28-31-13-19(16-34)42-28)43-21(17)12-24(23)39-6-3-30-14-26(35)36/h1-2,9-13,16,30,33H,3-8,14-15H2,(H,35,36)(H,37,38). The number of benzene rings is 2. The summed E-state index contributed by atoms with van der Waals surface area (Å²) >= 11 is 0. The highest BCUT2D eigenvalue weighted by atomic mass is 19.1. The zero-order valence-corrected chi connectivity index (χ0v) is 22.7. The summed E-state index contributed by atoms with van der Waals surface area (Å²) in [5, 5.41) is 30.7. The minimum absolute atomic E-state index is 0.0104. The Kier molecular flexibility index (Phi) is 10.5. The molecule has 15 heteroatoms. The van der Waals surface area contributed by atoms with Crippen LogP contribution < -0.4 is 24.4 Å². The molecule has 43 heavy (non-hydrogen) atoms. The fourth-order valence-corrected chi connectivity index (χ4v) is 4.00. The molecule has 0 saturated carbocycles. The van der Waals surface area contributed by atoms with Gasteiger partial charge in [0.25, 0.3) is 5.89 Å². The quantitative estimate of drug-likeness (QED) is 0.0959. The first-order chi connectivity index (χ1) is 20.8. The average molecular weight is 602 g/mol. The predicted molar refractivity (Wildman–Crippen MR) is 147 cm³/mol. The lowest BCUT2D eigenvalue weighted by molar-refractivity contribution is -0.136. The van der Waals surface area contributed by atoms with Gasteiger partial charge in [-0.25, -0.2) is 9.37 Å². The first-order valence-electron chi connectivity index (χ1n) is 12.9. The number of aliphatic carboxylic acids is 2. The highest BCUT2D eigenvalue weighted by Gasteiger charge is 2.18. The topological polar surface area (TPSA) is 194 Å². The fourth-order valence-electron chi connectivity index (χ4n) is 4.00. The molecule has 2 aromatic heterocycles. The maximum absolute atomic E-state index is 14.0. The molecular formula is C28H28FN3O11. The Morgan fingerprint density at radius 1 is 0.977 bits per heavy atom. The number of carboxylic acids is 2. The number of carboxylic acid groups (broad SMARTS) is 2. The van der Waals surface area contributed by atoms with E-state index in [4.69, 9.17) is 28.2 Å². The number of rotatable bonds is 18. The Morgan fingerprint density at radius 2 is 1.72 bits per heavy atom. The van der Waals surface area contributed by atoms with Crippen LogP contribution in [0.3, 0.4) is 0 Å². The second-order valence-corrected chi connectivity index (χ2v) is 8.90. The number of hydrogen-bond donors (Lipinski definition) is 4. The molecule has 2 aromatic carbocycles. The second-order valence-electron chi connectivity index (χ2n) is 8.90. The second kappa shape index (κ2) is 14.7. The zero-order valence-electron chi connectivity index (χ0n) is 22.7. The van der Waals surface area contributed by atoms with E-state index in [-0.39, 0.29) is 86.4 Å². The average Bonchev–Trinajstić information content (AvgIpc) is 3.61. The maximum Gasteiger partial charge on any atom is 0.323 e. The van der Waals surface area contributed by atoms with E-state index in [0.29, 0.717) is 17.3 Å². The van der Waals surface area contributed by atoms with Crippen molar-refractivity contribution < 1.29 is 57.1 Å². The van der Waals surface area contributed by atoms with Gasteiger partial charge in [0, 0.05) is 30.6 Å². The van der Waals surface area contributed by atoms with E-state index in [2.05, 4.69) is 10.3 Å². The summed E-state index contributed by atoms with van der Waals surface area (Å²) in [4.78, 5) is 38.3. The van der Waals surface area contributed by atoms with Crippen molar-refractivity contribution in [3.8, 4) is 28.9 Å². The molecular weight excluding hydrogens is 573 g/mol. The number of hydrogen-bond acceptors (Lipinski definition) is 12. The Bertz CT molecular complexity index is 1570. The lowest BCUT2D eigenvalue weighted by Gasteiger charge is -2.24. The molecule has 0 aliphatic carbocycles. The number of aromatic nitrogens is 1. The number of aldehydes is 1. The molecule has 0 amide bonds. The van der Waals surface area contributed by atoms with E-state index in [0.717, 1.165) is 12.1 Å². The molecule has 0 aliphatic heterocycles. The van der Waals surface area contributed by atoms with Crippen molar-refractivity contribution >= 4 is 34.9 Å². The monoisotopic (exact) mass is 601 g/mol. The van der Waals surface area contributed by atoms with Gasteiger partial charge < -0.3 is 48.6 Å². The maximum atomic E-state index is 14.0. The Hall–Kier alpha value is -5.15. The van der Waals surface area contributed by atoms with Crippen LogP contribution in [0.1, 0.15) is 10.6 Å². The van der Waals surface area contributed by atoms with E-state index in [1.165, 1.54) is 17.2 Å². The number of nitrogens with one attached hydrogen (secondary N) is 1. The molecule has 0 fully saturated rings.